The van der Waals surface area contributed by atoms with E-state index in [9.17, 15) is 4.79 Å². The normalized spacial score (nSPS) is 10.2. The quantitative estimate of drug-likeness (QED) is 0.763. The molecule has 1 aromatic carbocycles. The smallest absolute Gasteiger partial charge is 0.360 e. The zero-order valence-corrected chi connectivity index (χ0v) is 10.9. The highest BCUT2D eigenvalue weighted by molar-refractivity contribution is 5.86. The van der Waals surface area contributed by atoms with Crippen LogP contribution in [0, 0.1) is 0 Å². The van der Waals surface area contributed by atoms with E-state index in [0.29, 0.717) is 13.2 Å². The SMILES string of the molecule is CCOc1ccc(Cn2cc(C(=O)OC)nn2)cc1. The molecule has 0 aliphatic heterocycles. The van der Waals surface area contributed by atoms with Gasteiger partial charge in [-0.15, -0.1) is 5.10 Å². The molecule has 2 rings (SSSR count). The van der Waals surface area contributed by atoms with E-state index in [0.717, 1.165) is 11.3 Å². The number of benzene rings is 1. The Morgan fingerprint density at radius 3 is 2.68 bits per heavy atom. The Labute approximate surface area is 110 Å². The highest BCUT2D eigenvalue weighted by atomic mass is 16.5. The monoisotopic (exact) mass is 261 g/mol. The van der Waals surface area contributed by atoms with Gasteiger partial charge in [0.05, 0.1) is 26.5 Å². The van der Waals surface area contributed by atoms with Crippen molar-refractivity contribution in [3.8, 4) is 5.75 Å². The lowest BCUT2D eigenvalue weighted by Gasteiger charge is -2.04. The fourth-order valence-electron chi connectivity index (χ4n) is 1.62. The summed E-state index contributed by atoms with van der Waals surface area (Å²) >= 11 is 0. The Bertz CT molecular complexity index is 549. The minimum absolute atomic E-state index is 0.202. The molecular weight excluding hydrogens is 246 g/mol. The number of aromatic nitrogens is 3. The molecule has 2 aromatic rings. The summed E-state index contributed by atoms with van der Waals surface area (Å²) in [5.41, 5.74) is 1.25. The van der Waals surface area contributed by atoms with Crippen LogP contribution < -0.4 is 4.74 Å². The van der Waals surface area contributed by atoms with Crippen LogP contribution in [0.2, 0.25) is 0 Å². The highest BCUT2D eigenvalue weighted by Crippen LogP contribution is 2.12. The molecule has 1 heterocycles. The van der Waals surface area contributed by atoms with Gasteiger partial charge in [-0.3, -0.25) is 0 Å². The maximum atomic E-state index is 11.2. The van der Waals surface area contributed by atoms with Crippen LogP contribution in [-0.4, -0.2) is 34.7 Å². The van der Waals surface area contributed by atoms with Crippen molar-refractivity contribution in [1.29, 1.82) is 0 Å². The van der Waals surface area contributed by atoms with Crippen LogP contribution in [0.3, 0.4) is 0 Å². The van der Waals surface area contributed by atoms with Crippen molar-refractivity contribution >= 4 is 5.97 Å². The van der Waals surface area contributed by atoms with E-state index in [-0.39, 0.29) is 5.69 Å². The van der Waals surface area contributed by atoms with Gasteiger partial charge >= 0.3 is 5.97 Å². The van der Waals surface area contributed by atoms with Gasteiger partial charge in [0.15, 0.2) is 5.69 Å². The first-order valence-corrected chi connectivity index (χ1v) is 5.93. The zero-order valence-electron chi connectivity index (χ0n) is 10.9. The molecule has 19 heavy (non-hydrogen) atoms. The van der Waals surface area contributed by atoms with E-state index in [4.69, 9.17) is 4.74 Å². The number of hydrogen-bond acceptors (Lipinski definition) is 5. The third-order valence-corrected chi connectivity index (χ3v) is 2.51. The van der Waals surface area contributed by atoms with Gasteiger partial charge in [0.25, 0.3) is 0 Å². The second-order valence-corrected chi connectivity index (χ2v) is 3.87. The molecule has 0 bridgehead atoms. The Kier molecular flexibility index (Phi) is 4.12. The fraction of sp³-hybridized carbons (Fsp3) is 0.308. The van der Waals surface area contributed by atoms with Crippen LogP contribution in [0.4, 0.5) is 0 Å². The average molecular weight is 261 g/mol. The summed E-state index contributed by atoms with van der Waals surface area (Å²) in [5, 5.41) is 7.62. The molecule has 0 amide bonds. The lowest BCUT2D eigenvalue weighted by molar-refractivity contribution is 0.0594. The summed E-state index contributed by atoms with van der Waals surface area (Å²) in [6, 6.07) is 7.70. The van der Waals surface area contributed by atoms with Crippen molar-refractivity contribution in [2.75, 3.05) is 13.7 Å². The molecule has 6 heteroatoms. The van der Waals surface area contributed by atoms with Gasteiger partial charge in [0, 0.05) is 0 Å². The van der Waals surface area contributed by atoms with Crippen LogP contribution in [0.5, 0.6) is 5.75 Å². The minimum Gasteiger partial charge on any atom is -0.494 e. The average Bonchev–Trinajstić information content (AvgIpc) is 2.89. The minimum atomic E-state index is -0.488. The van der Waals surface area contributed by atoms with Crippen LogP contribution in [0.25, 0.3) is 0 Å². The number of methoxy groups -OCH3 is 1. The summed E-state index contributed by atoms with van der Waals surface area (Å²) in [5.74, 6) is 0.345. The van der Waals surface area contributed by atoms with Gasteiger partial charge in [0.1, 0.15) is 5.75 Å². The molecule has 0 radical (unpaired) electrons. The second-order valence-electron chi connectivity index (χ2n) is 3.87. The number of rotatable bonds is 5. The molecule has 6 nitrogen and oxygen atoms in total. The van der Waals surface area contributed by atoms with E-state index in [1.54, 1.807) is 10.9 Å². The van der Waals surface area contributed by atoms with Crippen LogP contribution in [0.15, 0.2) is 30.5 Å². The maximum absolute atomic E-state index is 11.2. The molecule has 0 saturated carbocycles. The molecule has 0 aliphatic rings. The van der Waals surface area contributed by atoms with E-state index in [2.05, 4.69) is 15.0 Å². The predicted octanol–water partition coefficient (Wildman–Crippen LogP) is 1.51. The summed E-state index contributed by atoms with van der Waals surface area (Å²) in [7, 11) is 1.31. The van der Waals surface area contributed by atoms with E-state index in [1.807, 2.05) is 31.2 Å². The largest absolute Gasteiger partial charge is 0.494 e. The van der Waals surface area contributed by atoms with Crippen molar-refractivity contribution in [2.45, 2.75) is 13.5 Å². The molecule has 0 spiro atoms. The molecule has 100 valence electrons. The van der Waals surface area contributed by atoms with Gasteiger partial charge in [-0.25, -0.2) is 9.48 Å². The highest BCUT2D eigenvalue weighted by Gasteiger charge is 2.10. The Morgan fingerprint density at radius 2 is 2.05 bits per heavy atom. The second kappa shape index (κ2) is 5.99. The third-order valence-electron chi connectivity index (χ3n) is 2.51. The first-order chi connectivity index (χ1) is 9.22. The molecule has 1 aromatic heterocycles. The van der Waals surface area contributed by atoms with E-state index < -0.39 is 5.97 Å². The molecule has 0 unspecified atom stereocenters. The fourth-order valence-corrected chi connectivity index (χ4v) is 1.62. The lowest BCUT2D eigenvalue weighted by Crippen LogP contribution is -2.02. The van der Waals surface area contributed by atoms with Crippen molar-refractivity contribution < 1.29 is 14.3 Å². The van der Waals surface area contributed by atoms with Crippen molar-refractivity contribution in [1.82, 2.24) is 15.0 Å². The summed E-state index contributed by atoms with van der Waals surface area (Å²) in [6.45, 7) is 3.12. The zero-order chi connectivity index (χ0) is 13.7. The van der Waals surface area contributed by atoms with E-state index in [1.165, 1.54) is 7.11 Å². The number of hydrogen-bond donors (Lipinski definition) is 0. The predicted molar refractivity (Wildman–Crippen MR) is 68.1 cm³/mol. The van der Waals surface area contributed by atoms with Gasteiger partial charge in [-0.1, -0.05) is 17.3 Å². The Balaban J connectivity index is 2.04. The number of ether oxygens (including phenoxy) is 2. The standard InChI is InChI=1S/C13H15N3O3/c1-3-19-11-6-4-10(5-7-11)8-16-9-12(14-15-16)13(17)18-2/h4-7,9H,3,8H2,1-2H3. The maximum Gasteiger partial charge on any atom is 0.360 e. The molecule has 0 atom stereocenters. The number of carbonyl (C=O) groups is 1. The molecule has 0 saturated heterocycles. The van der Waals surface area contributed by atoms with Gasteiger partial charge in [-0.05, 0) is 24.6 Å². The first kappa shape index (κ1) is 13.1. The summed E-state index contributed by atoms with van der Waals surface area (Å²) < 4.78 is 11.5. The van der Waals surface area contributed by atoms with Gasteiger partial charge in [0.2, 0.25) is 0 Å². The van der Waals surface area contributed by atoms with Crippen molar-refractivity contribution in [3.63, 3.8) is 0 Å². The van der Waals surface area contributed by atoms with Crippen molar-refractivity contribution in [2.24, 2.45) is 0 Å². The number of carbonyl (C=O) groups excluding carboxylic acids is 1. The van der Waals surface area contributed by atoms with Crippen LogP contribution >= 0.6 is 0 Å². The Morgan fingerprint density at radius 1 is 1.32 bits per heavy atom. The van der Waals surface area contributed by atoms with E-state index >= 15 is 0 Å². The van der Waals surface area contributed by atoms with Crippen LogP contribution in [-0.2, 0) is 11.3 Å². The molecule has 0 fully saturated rings. The molecule has 0 aliphatic carbocycles. The summed E-state index contributed by atoms with van der Waals surface area (Å²) in [6.07, 6.45) is 1.56. The van der Waals surface area contributed by atoms with Crippen molar-refractivity contribution in [3.05, 3.63) is 41.7 Å². The third kappa shape index (κ3) is 3.31. The molecule has 0 N–H and O–H groups in total. The summed E-state index contributed by atoms with van der Waals surface area (Å²) in [4.78, 5) is 11.2. The first-order valence-electron chi connectivity index (χ1n) is 5.93. The van der Waals surface area contributed by atoms with Gasteiger partial charge < -0.3 is 9.47 Å². The lowest BCUT2D eigenvalue weighted by atomic mass is 10.2. The Hall–Kier alpha value is -2.37. The topological polar surface area (TPSA) is 66.2 Å². The molecular formula is C13H15N3O3. The number of esters is 1. The number of nitrogens with zero attached hydrogens (tertiary/aromatic N) is 3. The van der Waals surface area contributed by atoms with Crippen LogP contribution in [0.1, 0.15) is 23.0 Å². The van der Waals surface area contributed by atoms with Gasteiger partial charge in [-0.2, -0.15) is 0 Å².